The second-order valence-electron chi connectivity index (χ2n) is 3.79. The molecule has 1 aliphatic rings. The van der Waals surface area contributed by atoms with E-state index in [9.17, 15) is 14.9 Å². The van der Waals surface area contributed by atoms with Crippen molar-refractivity contribution < 1.29 is 19.2 Å². The number of carbonyl (C=O) groups excluding carboxylic acids is 1. The first-order chi connectivity index (χ1) is 8.67. The first-order valence-electron chi connectivity index (χ1n) is 5.31. The van der Waals surface area contributed by atoms with Crippen LogP contribution in [0.5, 0.6) is 11.5 Å². The van der Waals surface area contributed by atoms with E-state index < -0.39 is 10.8 Å². The molecular weight excluding hydrogens is 238 g/mol. The van der Waals surface area contributed by atoms with Gasteiger partial charge in [0, 0.05) is 11.5 Å². The van der Waals surface area contributed by atoms with Gasteiger partial charge in [0.05, 0.1) is 11.0 Å². The van der Waals surface area contributed by atoms with Crippen LogP contribution in [0.1, 0.15) is 17.9 Å². The molecule has 1 heterocycles. The Balaban J connectivity index is 2.53. The molecule has 1 atom stereocenters. The second kappa shape index (κ2) is 4.87. The summed E-state index contributed by atoms with van der Waals surface area (Å²) in [6.07, 6.45) is 2.56. The summed E-state index contributed by atoms with van der Waals surface area (Å²) < 4.78 is 10.2. The zero-order valence-electron chi connectivity index (χ0n) is 9.50. The van der Waals surface area contributed by atoms with Crippen LogP contribution in [0.25, 0.3) is 0 Å². The molecular formula is C12H11NO5. The molecule has 6 heteroatoms. The minimum atomic E-state index is -0.600. The molecule has 1 aromatic rings. The number of aldehydes is 1. The van der Waals surface area contributed by atoms with E-state index >= 15 is 0 Å². The van der Waals surface area contributed by atoms with Crippen molar-refractivity contribution >= 4 is 12.0 Å². The number of ether oxygens (including phenoxy) is 2. The van der Waals surface area contributed by atoms with Crippen molar-refractivity contribution in [3.63, 3.8) is 0 Å². The molecule has 2 rings (SSSR count). The van der Waals surface area contributed by atoms with Gasteiger partial charge >= 0.3 is 0 Å². The molecule has 6 nitrogen and oxygen atoms in total. The van der Waals surface area contributed by atoms with Crippen LogP contribution in [-0.4, -0.2) is 18.0 Å². The van der Waals surface area contributed by atoms with Gasteiger partial charge in [-0.25, -0.2) is 0 Å². The van der Waals surface area contributed by atoms with Gasteiger partial charge in [-0.3, -0.25) is 10.1 Å². The lowest BCUT2D eigenvalue weighted by Gasteiger charge is -2.09. The zero-order chi connectivity index (χ0) is 13.1. The number of benzene rings is 1. The minimum Gasteiger partial charge on any atom is -0.454 e. The van der Waals surface area contributed by atoms with Crippen molar-refractivity contribution in [1.29, 1.82) is 0 Å². The quantitative estimate of drug-likeness (QED) is 0.346. The molecule has 0 N–H and O–H groups in total. The summed E-state index contributed by atoms with van der Waals surface area (Å²) in [5.41, 5.74) is 0.178. The summed E-state index contributed by atoms with van der Waals surface area (Å²) in [6, 6.07) is 2.78. The third-order valence-corrected chi connectivity index (χ3v) is 2.70. The van der Waals surface area contributed by atoms with E-state index in [0.717, 1.165) is 0 Å². The van der Waals surface area contributed by atoms with E-state index in [1.54, 1.807) is 6.08 Å². The summed E-state index contributed by atoms with van der Waals surface area (Å²) in [5, 5.41) is 11.0. The predicted octanol–water partition coefficient (Wildman–Crippen LogP) is 2.18. The summed E-state index contributed by atoms with van der Waals surface area (Å²) in [7, 11) is 0. The Morgan fingerprint density at radius 3 is 2.67 bits per heavy atom. The van der Waals surface area contributed by atoms with Gasteiger partial charge in [-0.05, 0) is 12.5 Å². The van der Waals surface area contributed by atoms with Crippen LogP contribution < -0.4 is 9.47 Å². The highest BCUT2D eigenvalue weighted by Gasteiger charge is 2.27. The highest BCUT2D eigenvalue weighted by Crippen LogP contribution is 2.40. The second-order valence-corrected chi connectivity index (χ2v) is 3.79. The summed E-state index contributed by atoms with van der Waals surface area (Å²) in [6.45, 7) is 3.57. The maximum Gasteiger partial charge on any atom is 0.277 e. The van der Waals surface area contributed by atoms with Crippen molar-refractivity contribution in [3.8, 4) is 11.5 Å². The first kappa shape index (κ1) is 12.1. The van der Waals surface area contributed by atoms with Crippen LogP contribution in [0, 0.1) is 10.1 Å². The summed E-state index contributed by atoms with van der Waals surface area (Å²) in [5.74, 6) is 0.151. The molecule has 0 saturated heterocycles. The number of rotatable bonds is 5. The van der Waals surface area contributed by atoms with Crippen LogP contribution in [0.3, 0.4) is 0 Å². The Hall–Kier alpha value is -2.37. The number of fused-ring (bicyclic) bond motifs is 1. The molecule has 0 amide bonds. The summed E-state index contributed by atoms with van der Waals surface area (Å²) >= 11 is 0. The van der Waals surface area contributed by atoms with E-state index in [1.165, 1.54) is 12.1 Å². The Morgan fingerprint density at radius 1 is 1.44 bits per heavy atom. The number of nitrogens with zero attached hydrogens (tertiary/aromatic N) is 1. The number of nitro benzene ring substituents is 1. The van der Waals surface area contributed by atoms with Crippen molar-refractivity contribution in [2.45, 2.75) is 12.3 Å². The van der Waals surface area contributed by atoms with E-state index in [0.29, 0.717) is 29.8 Å². The average molecular weight is 249 g/mol. The molecule has 0 aliphatic carbocycles. The molecule has 1 aromatic carbocycles. The molecule has 1 aliphatic heterocycles. The third-order valence-electron chi connectivity index (χ3n) is 2.70. The third kappa shape index (κ3) is 2.04. The highest BCUT2D eigenvalue weighted by atomic mass is 16.7. The van der Waals surface area contributed by atoms with E-state index in [1.807, 2.05) is 0 Å². The smallest absolute Gasteiger partial charge is 0.277 e. The number of carbonyl (C=O) groups is 1. The lowest BCUT2D eigenvalue weighted by molar-refractivity contribution is -0.385. The van der Waals surface area contributed by atoms with Crippen molar-refractivity contribution in [2.24, 2.45) is 0 Å². The number of hydrogen-bond donors (Lipinski definition) is 0. The van der Waals surface area contributed by atoms with Gasteiger partial charge in [0.15, 0.2) is 11.5 Å². The molecule has 0 fully saturated rings. The van der Waals surface area contributed by atoms with Crippen molar-refractivity contribution in [2.75, 3.05) is 6.79 Å². The van der Waals surface area contributed by atoms with E-state index in [4.69, 9.17) is 9.47 Å². The largest absolute Gasteiger partial charge is 0.454 e. The fraction of sp³-hybridized carbons (Fsp3) is 0.250. The zero-order valence-corrected chi connectivity index (χ0v) is 9.50. The topological polar surface area (TPSA) is 78.7 Å². The van der Waals surface area contributed by atoms with Gasteiger partial charge in [0.25, 0.3) is 5.69 Å². The molecule has 0 bridgehead atoms. The van der Waals surface area contributed by atoms with E-state index in [-0.39, 0.29) is 12.5 Å². The first-order valence-corrected chi connectivity index (χ1v) is 5.31. The van der Waals surface area contributed by atoms with E-state index in [2.05, 4.69) is 6.58 Å². The van der Waals surface area contributed by atoms with Gasteiger partial charge in [-0.2, -0.15) is 0 Å². The fourth-order valence-corrected chi connectivity index (χ4v) is 1.84. The highest BCUT2D eigenvalue weighted by molar-refractivity contribution is 5.69. The number of hydrogen-bond acceptors (Lipinski definition) is 5. The van der Waals surface area contributed by atoms with Crippen LogP contribution in [-0.2, 0) is 4.79 Å². The predicted molar refractivity (Wildman–Crippen MR) is 62.8 cm³/mol. The SMILES string of the molecule is C=CCC(C=O)c1cc2c(cc1[N+](=O)[O-])OCO2. The van der Waals surface area contributed by atoms with Gasteiger partial charge < -0.3 is 14.3 Å². The molecule has 0 spiro atoms. The summed E-state index contributed by atoms with van der Waals surface area (Å²) in [4.78, 5) is 21.5. The normalized spacial score (nSPS) is 14.0. The molecule has 18 heavy (non-hydrogen) atoms. The molecule has 0 saturated carbocycles. The Labute approximate surface area is 103 Å². The molecule has 0 aromatic heterocycles. The number of nitro groups is 1. The van der Waals surface area contributed by atoms with Crippen molar-refractivity contribution in [1.82, 2.24) is 0 Å². The maximum absolute atomic E-state index is 11.0. The van der Waals surface area contributed by atoms with Gasteiger partial charge in [-0.15, -0.1) is 6.58 Å². The van der Waals surface area contributed by atoms with Gasteiger partial charge in [-0.1, -0.05) is 6.08 Å². The number of allylic oxidation sites excluding steroid dienone is 1. The molecule has 1 unspecified atom stereocenters. The average Bonchev–Trinajstić information content (AvgIpc) is 2.81. The Morgan fingerprint density at radius 2 is 2.11 bits per heavy atom. The molecule has 0 radical (unpaired) electrons. The standard InChI is InChI=1S/C12H11NO5/c1-2-3-8(6-14)9-4-11-12(18-7-17-11)5-10(9)13(15)16/h2,4-6,8H,1,3,7H2. The van der Waals surface area contributed by atoms with Crippen LogP contribution in [0.2, 0.25) is 0 Å². The lowest BCUT2D eigenvalue weighted by atomic mass is 9.95. The Bertz CT molecular complexity index is 511. The van der Waals surface area contributed by atoms with Crippen LogP contribution >= 0.6 is 0 Å². The lowest BCUT2D eigenvalue weighted by Crippen LogP contribution is -2.03. The fourth-order valence-electron chi connectivity index (χ4n) is 1.84. The molecule has 94 valence electrons. The Kier molecular flexibility index (Phi) is 3.27. The monoisotopic (exact) mass is 249 g/mol. The van der Waals surface area contributed by atoms with Gasteiger partial charge in [0.2, 0.25) is 6.79 Å². The maximum atomic E-state index is 11.0. The van der Waals surface area contributed by atoms with Crippen molar-refractivity contribution in [3.05, 3.63) is 40.5 Å². The minimum absolute atomic E-state index is 0.0309. The van der Waals surface area contributed by atoms with Gasteiger partial charge in [0.1, 0.15) is 6.29 Å². The van der Waals surface area contributed by atoms with Crippen LogP contribution in [0.15, 0.2) is 24.8 Å². The van der Waals surface area contributed by atoms with Crippen LogP contribution in [0.4, 0.5) is 5.69 Å².